The average Bonchev–Trinajstić information content (AvgIpc) is 3.16. The average molecular weight is 455 g/mol. The maximum absolute atomic E-state index is 13.4. The van der Waals surface area contributed by atoms with E-state index in [1.807, 2.05) is 0 Å². The zero-order valence-corrected chi connectivity index (χ0v) is 17.7. The lowest BCUT2D eigenvalue weighted by Gasteiger charge is -2.22. The van der Waals surface area contributed by atoms with Crippen molar-refractivity contribution in [3.63, 3.8) is 0 Å². The summed E-state index contributed by atoms with van der Waals surface area (Å²) in [7, 11) is -0.108. The predicted molar refractivity (Wildman–Crippen MR) is 106 cm³/mol. The number of benzene rings is 2. The van der Waals surface area contributed by atoms with Crippen molar-refractivity contribution in [3.05, 3.63) is 71.8 Å². The van der Waals surface area contributed by atoms with Crippen molar-refractivity contribution in [1.29, 1.82) is 0 Å². The summed E-state index contributed by atoms with van der Waals surface area (Å²) in [6, 6.07) is 7.58. The van der Waals surface area contributed by atoms with Crippen molar-refractivity contribution in [3.8, 4) is 11.5 Å². The van der Waals surface area contributed by atoms with Gasteiger partial charge in [0.25, 0.3) is 0 Å². The van der Waals surface area contributed by atoms with E-state index in [9.17, 15) is 21.6 Å². The Morgan fingerprint density at radius 2 is 1.68 bits per heavy atom. The number of rotatable bonds is 7. The van der Waals surface area contributed by atoms with Crippen LogP contribution in [0.3, 0.4) is 0 Å². The van der Waals surface area contributed by atoms with Gasteiger partial charge in [-0.25, -0.2) is 13.4 Å². The van der Waals surface area contributed by atoms with E-state index < -0.39 is 32.7 Å². The number of aryl methyl sites for hydroxylation is 1. The van der Waals surface area contributed by atoms with E-state index in [-0.39, 0.29) is 5.82 Å². The standard InChI is InChI=1S/C20H20F3N3O4S/c1-26-9-8-24-19(26)18(13-10-14(29-2)12-15(11-13)30-3)25-31(27,28)17-7-5-4-6-16(17)20(21,22)23/h4-12,18,25H,1-3H3. The van der Waals surface area contributed by atoms with Gasteiger partial charge < -0.3 is 14.0 Å². The molecule has 0 amide bonds. The minimum Gasteiger partial charge on any atom is -0.497 e. The van der Waals surface area contributed by atoms with Crippen LogP contribution in [0.25, 0.3) is 0 Å². The number of nitrogens with zero attached hydrogens (tertiary/aromatic N) is 2. The van der Waals surface area contributed by atoms with E-state index in [2.05, 4.69) is 9.71 Å². The maximum atomic E-state index is 13.4. The third-order valence-corrected chi connectivity index (χ3v) is 6.06. The molecule has 0 aliphatic carbocycles. The highest BCUT2D eigenvalue weighted by atomic mass is 32.2. The lowest BCUT2D eigenvalue weighted by Crippen LogP contribution is -2.32. The van der Waals surface area contributed by atoms with Crippen LogP contribution >= 0.6 is 0 Å². The van der Waals surface area contributed by atoms with E-state index in [1.165, 1.54) is 26.5 Å². The van der Waals surface area contributed by atoms with E-state index in [0.29, 0.717) is 17.1 Å². The second-order valence-corrected chi connectivity index (χ2v) is 8.27. The summed E-state index contributed by atoms with van der Waals surface area (Å²) >= 11 is 0. The van der Waals surface area contributed by atoms with Crippen LogP contribution in [0.2, 0.25) is 0 Å². The van der Waals surface area contributed by atoms with E-state index in [1.54, 1.807) is 36.0 Å². The smallest absolute Gasteiger partial charge is 0.417 e. The second-order valence-electron chi connectivity index (χ2n) is 6.59. The Balaban J connectivity index is 2.15. The first kappa shape index (κ1) is 22.6. The number of nitrogens with one attached hydrogen (secondary N) is 1. The molecule has 0 aliphatic heterocycles. The minimum atomic E-state index is -4.84. The van der Waals surface area contributed by atoms with Crippen molar-refractivity contribution >= 4 is 10.0 Å². The molecule has 0 saturated heterocycles. The molecule has 1 heterocycles. The van der Waals surface area contributed by atoms with Crippen LogP contribution < -0.4 is 14.2 Å². The van der Waals surface area contributed by atoms with Gasteiger partial charge in [0.15, 0.2) is 0 Å². The molecule has 1 N–H and O–H groups in total. The molecule has 3 aromatic rings. The summed E-state index contributed by atoms with van der Waals surface area (Å²) in [6.45, 7) is 0. The molecule has 31 heavy (non-hydrogen) atoms. The fourth-order valence-corrected chi connectivity index (χ4v) is 4.48. The molecule has 1 unspecified atom stereocenters. The molecule has 0 aliphatic rings. The van der Waals surface area contributed by atoms with Gasteiger partial charge >= 0.3 is 6.18 Å². The zero-order valence-electron chi connectivity index (χ0n) is 16.8. The molecule has 166 valence electrons. The number of imidazole rings is 1. The van der Waals surface area contributed by atoms with Gasteiger partial charge in [0.05, 0.1) is 24.7 Å². The molecule has 7 nitrogen and oxygen atoms in total. The van der Waals surface area contributed by atoms with Crippen LogP contribution in [0.1, 0.15) is 23.0 Å². The van der Waals surface area contributed by atoms with Gasteiger partial charge in [0, 0.05) is 25.5 Å². The highest BCUT2D eigenvalue weighted by Crippen LogP contribution is 2.35. The second kappa shape index (κ2) is 8.60. The lowest BCUT2D eigenvalue weighted by molar-refractivity contribution is -0.139. The van der Waals surface area contributed by atoms with Crippen LogP contribution in [0.15, 0.2) is 59.8 Å². The topological polar surface area (TPSA) is 82.4 Å². The van der Waals surface area contributed by atoms with Gasteiger partial charge in [-0.15, -0.1) is 0 Å². The molecule has 11 heteroatoms. The number of ether oxygens (including phenoxy) is 2. The Bertz CT molecular complexity index is 1150. The van der Waals surface area contributed by atoms with E-state index in [4.69, 9.17) is 9.47 Å². The van der Waals surface area contributed by atoms with Crippen LogP contribution in [0, 0.1) is 0 Å². The third kappa shape index (κ3) is 4.83. The van der Waals surface area contributed by atoms with Gasteiger partial charge in [0.1, 0.15) is 23.4 Å². The Hall–Kier alpha value is -3.05. The fourth-order valence-electron chi connectivity index (χ4n) is 3.08. The van der Waals surface area contributed by atoms with E-state index >= 15 is 0 Å². The first-order valence-corrected chi connectivity index (χ1v) is 10.4. The number of hydrogen-bond donors (Lipinski definition) is 1. The largest absolute Gasteiger partial charge is 0.497 e. The van der Waals surface area contributed by atoms with Gasteiger partial charge in [-0.1, -0.05) is 12.1 Å². The summed E-state index contributed by atoms with van der Waals surface area (Å²) in [5.74, 6) is 1.02. The first-order valence-electron chi connectivity index (χ1n) is 8.95. The quantitative estimate of drug-likeness (QED) is 0.590. The molecule has 1 atom stereocenters. The van der Waals surface area contributed by atoms with Gasteiger partial charge in [-0.05, 0) is 29.8 Å². The van der Waals surface area contributed by atoms with Crippen molar-refractivity contribution in [1.82, 2.24) is 14.3 Å². The molecular weight excluding hydrogens is 435 g/mol. The number of hydrogen-bond acceptors (Lipinski definition) is 5. The molecule has 0 bridgehead atoms. The number of sulfonamides is 1. The lowest BCUT2D eigenvalue weighted by atomic mass is 10.1. The molecule has 3 rings (SSSR count). The fraction of sp³-hybridized carbons (Fsp3) is 0.250. The Kier molecular flexibility index (Phi) is 6.27. The zero-order chi connectivity index (χ0) is 22.8. The molecular formula is C20H20F3N3O4S. The molecule has 0 radical (unpaired) electrons. The Morgan fingerprint density at radius 3 is 2.19 bits per heavy atom. The number of alkyl halides is 3. The Morgan fingerprint density at radius 1 is 1.06 bits per heavy atom. The van der Waals surface area contributed by atoms with Crippen molar-refractivity contribution in [2.24, 2.45) is 7.05 Å². The number of methoxy groups -OCH3 is 2. The number of aromatic nitrogens is 2. The summed E-state index contributed by atoms with van der Waals surface area (Å²) in [5.41, 5.74) is -0.886. The van der Waals surface area contributed by atoms with Crippen molar-refractivity contribution in [2.45, 2.75) is 17.1 Å². The summed E-state index contributed by atoms with van der Waals surface area (Å²) in [4.78, 5) is 3.31. The molecule has 0 fully saturated rings. The summed E-state index contributed by atoms with van der Waals surface area (Å²) in [5, 5.41) is 0. The molecule has 2 aromatic carbocycles. The van der Waals surface area contributed by atoms with E-state index in [0.717, 1.165) is 18.2 Å². The van der Waals surface area contributed by atoms with Gasteiger partial charge in [-0.3, -0.25) is 0 Å². The summed E-state index contributed by atoms with van der Waals surface area (Å²) in [6.07, 6.45) is -1.79. The van der Waals surface area contributed by atoms with Crippen LogP contribution in [0.5, 0.6) is 11.5 Å². The molecule has 0 spiro atoms. The monoisotopic (exact) mass is 455 g/mol. The van der Waals surface area contributed by atoms with Crippen molar-refractivity contribution in [2.75, 3.05) is 14.2 Å². The van der Waals surface area contributed by atoms with Gasteiger partial charge in [0.2, 0.25) is 10.0 Å². The number of halogens is 3. The van der Waals surface area contributed by atoms with Crippen LogP contribution in [-0.2, 0) is 23.2 Å². The Labute approximate surface area is 177 Å². The first-order chi connectivity index (χ1) is 14.6. The normalized spacial score (nSPS) is 13.1. The third-order valence-electron chi connectivity index (χ3n) is 4.58. The highest BCUT2D eigenvalue weighted by Gasteiger charge is 2.38. The predicted octanol–water partition coefficient (Wildman–Crippen LogP) is 3.52. The van der Waals surface area contributed by atoms with Crippen LogP contribution in [-0.4, -0.2) is 32.2 Å². The molecule has 1 aromatic heterocycles. The molecule has 0 saturated carbocycles. The van der Waals surface area contributed by atoms with Crippen LogP contribution in [0.4, 0.5) is 13.2 Å². The van der Waals surface area contributed by atoms with Crippen molar-refractivity contribution < 1.29 is 31.1 Å². The minimum absolute atomic E-state index is 0.267. The highest BCUT2D eigenvalue weighted by molar-refractivity contribution is 7.89. The van der Waals surface area contributed by atoms with Gasteiger partial charge in [-0.2, -0.15) is 17.9 Å². The summed E-state index contributed by atoms with van der Waals surface area (Å²) < 4.78 is 80.9. The maximum Gasteiger partial charge on any atom is 0.417 e. The SMILES string of the molecule is COc1cc(OC)cc(C(NS(=O)(=O)c2ccccc2C(F)(F)F)c2nccn2C)c1.